The number of nitrogens with zero attached hydrogens (tertiary/aromatic N) is 1. The minimum atomic E-state index is -3.38. The van der Waals surface area contributed by atoms with Gasteiger partial charge in [0.05, 0.1) is 24.8 Å². The van der Waals surface area contributed by atoms with Crippen LogP contribution in [0.5, 0.6) is 23.0 Å². The van der Waals surface area contributed by atoms with E-state index in [0.29, 0.717) is 33.6 Å². The Morgan fingerprint density at radius 3 is 1.30 bits per heavy atom. The summed E-state index contributed by atoms with van der Waals surface area (Å²) in [6.45, 7) is 0. The van der Waals surface area contributed by atoms with Crippen LogP contribution in [0.1, 0.15) is 11.1 Å². The lowest BCUT2D eigenvalue weighted by molar-refractivity contribution is 0.414. The third kappa shape index (κ3) is 6.86. The van der Waals surface area contributed by atoms with E-state index in [1.54, 1.807) is 25.9 Å². The van der Waals surface area contributed by atoms with Gasteiger partial charge in [-0.1, -0.05) is 78.9 Å². The van der Waals surface area contributed by atoms with Gasteiger partial charge in [-0.2, -0.15) is 0 Å². The monoisotopic (exact) mass is 785 g/mol. The molecule has 7 nitrogen and oxygen atoms in total. The molecule has 0 N–H and O–H groups in total. The van der Waals surface area contributed by atoms with Gasteiger partial charge in [-0.25, -0.2) is 0 Å². The summed E-state index contributed by atoms with van der Waals surface area (Å²) in [5.74, 6) is 5.92. The molecule has 0 spiro atoms. The predicted molar refractivity (Wildman–Crippen MR) is 232 cm³/mol. The van der Waals surface area contributed by atoms with Crippen molar-refractivity contribution in [1.29, 1.82) is 0 Å². The van der Waals surface area contributed by atoms with Crippen LogP contribution < -0.4 is 34.0 Å². The normalized spacial score (nSPS) is 17.7. The van der Waals surface area contributed by atoms with Crippen LogP contribution >= 0.6 is 14.7 Å². The highest BCUT2D eigenvalue weighted by Gasteiger charge is 2.35. The summed E-state index contributed by atoms with van der Waals surface area (Å²) in [6.07, 6.45) is 3.72. The Hall–Kier alpha value is -6.52. The van der Waals surface area contributed by atoms with Crippen molar-refractivity contribution in [3.8, 4) is 45.3 Å². The molecule has 2 unspecified atom stereocenters. The third-order valence-electron chi connectivity index (χ3n) is 10.1. The maximum atomic E-state index is 14.4. The first-order valence-electron chi connectivity index (χ1n) is 18.4. The maximum absolute atomic E-state index is 14.4. The molecule has 7 aromatic rings. The number of hydrogen-bond acceptors (Lipinski definition) is 7. The lowest BCUT2D eigenvalue weighted by atomic mass is 10.0. The zero-order chi connectivity index (χ0) is 39.0. The number of rotatable bonds is 9. The summed E-state index contributed by atoms with van der Waals surface area (Å²) < 4.78 is 52.2. The van der Waals surface area contributed by atoms with Crippen molar-refractivity contribution in [2.24, 2.45) is 0 Å². The third-order valence-corrected chi connectivity index (χ3v) is 14.3. The molecule has 2 atom stereocenters. The van der Waals surface area contributed by atoms with Gasteiger partial charge >= 0.3 is 0 Å². The van der Waals surface area contributed by atoms with E-state index >= 15 is 0 Å². The minimum Gasteiger partial charge on any atom is -0.497 e. The smallest absolute Gasteiger partial charge is 0.300 e. The molecule has 9 heteroatoms. The van der Waals surface area contributed by atoms with Gasteiger partial charge < -0.3 is 23.4 Å². The molecule has 0 saturated carbocycles. The van der Waals surface area contributed by atoms with Gasteiger partial charge in [0.25, 0.3) is 14.7 Å². The van der Waals surface area contributed by atoms with Crippen molar-refractivity contribution < 1.29 is 27.7 Å². The molecule has 2 heterocycles. The van der Waals surface area contributed by atoms with Crippen molar-refractivity contribution in [2.45, 2.75) is 0 Å². The van der Waals surface area contributed by atoms with Crippen LogP contribution in [0.4, 0.5) is 17.1 Å². The molecule has 0 fully saturated rings. The second-order valence-electron chi connectivity index (χ2n) is 13.6. The standard InChI is InChI=1S/C48H37NO6P2/c1-52-39-24-26-45-43(32-39)41-12-6-8-14-47(41)56(50,54-45)30-28-34-16-20-37(21-17-34)49(36-10-4-3-5-11-36)38-22-18-35(19-23-38)29-31-57(51)48-15-9-7-13-42(48)44-33-40(53-2)25-27-46(44)55-57/h3-33H,1-2H3. The summed E-state index contributed by atoms with van der Waals surface area (Å²) in [7, 11) is -3.50. The molecule has 0 aromatic heterocycles. The molecule has 0 aliphatic carbocycles. The first kappa shape index (κ1) is 36.1. The highest BCUT2D eigenvalue weighted by Crippen LogP contribution is 2.57. The van der Waals surface area contributed by atoms with E-state index in [4.69, 9.17) is 18.5 Å². The lowest BCUT2D eigenvalue weighted by Gasteiger charge is -2.27. The lowest BCUT2D eigenvalue weighted by Crippen LogP contribution is -2.16. The molecule has 2 aliphatic rings. The van der Waals surface area contributed by atoms with Crippen molar-refractivity contribution >= 4 is 54.6 Å². The first-order chi connectivity index (χ1) is 27.8. The van der Waals surface area contributed by atoms with Gasteiger partial charge in [0.2, 0.25) is 0 Å². The number of methoxy groups -OCH3 is 2. The number of fused-ring (bicyclic) bond motifs is 6. The van der Waals surface area contributed by atoms with E-state index in [2.05, 4.69) is 17.0 Å². The number of ether oxygens (including phenoxy) is 2. The van der Waals surface area contributed by atoms with Crippen molar-refractivity contribution in [3.05, 3.63) is 187 Å². The molecule has 0 bridgehead atoms. The Labute approximate surface area is 332 Å². The summed E-state index contributed by atoms with van der Waals surface area (Å²) in [4.78, 5) is 2.17. The largest absolute Gasteiger partial charge is 0.497 e. The molecule has 0 amide bonds. The topological polar surface area (TPSA) is 74.3 Å². The van der Waals surface area contributed by atoms with Crippen LogP contribution in [0.15, 0.2) is 175 Å². The van der Waals surface area contributed by atoms with E-state index in [1.165, 1.54) is 0 Å². The van der Waals surface area contributed by atoms with Crippen molar-refractivity contribution in [2.75, 3.05) is 19.1 Å². The van der Waals surface area contributed by atoms with Gasteiger partial charge in [-0.3, -0.25) is 9.13 Å². The Kier molecular flexibility index (Phi) is 9.42. The fourth-order valence-electron chi connectivity index (χ4n) is 7.27. The zero-order valence-corrected chi connectivity index (χ0v) is 33.0. The number of para-hydroxylation sites is 1. The van der Waals surface area contributed by atoms with Crippen LogP contribution in [0.2, 0.25) is 0 Å². The highest BCUT2D eigenvalue weighted by molar-refractivity contribution is 7.71. The molecule has 0 radical (unpaired) electrons. The number of anilines is 3. The fraction of sp³-hybridized carbons (Fsp3) is 0.0417. The minimum absolute atomic E-state index is 0.562. The van der Waals surface area contributed by atoms with E-state index in [1.807, 2.05) is 164 Å². The number of hydrogen-bond donors (Lipinski definition) is 0. The molecule has 9 rings (SSSR count). The van der Waals surface area contributed by atoms with E-state index in [0.717, 1.165) is 50.4 Å². The Morgan fingerprint density at radius 2 is 0.860 bits per heavy atom. The van der Waals surface area contributed by atoms with Gasteiger partial charge in [-0.15, -0.1) is 0 Å². The zero-order valence-electron chi connectivity index (χ0n) is 31.2. The second kappa shape index (κ2) is 14.9. The average Bonchev–Trinajstić information content (AvgIpc) is 3.26. The van der Waals surface area contributed by atoms with E-state index in [-0.39, 0.29) is 0 Å². The van der Waals surface area contributed by atoms with Gasteiger partial charge in [0, 0.05) is 39.8 Å². The van der Waals surface area contributed by atoms with Crippen LogP contribution in [0, 0.1) is 0 Å². The first-order valence-corrected chi connectivity index (χ1v) is 21.8. The van der Waals surface area contributed by atoms with E-state index in [9.17, 15) is 9.13 Å². The second-order valence-corrected chi connectivity index (χ2v) is 17.9. The Morgan fingerprint density at radius 1 is 0.456 bits per heavy atom. The molecule has 0 saturated heterocycles. The van der Waals surface area contributed by atoms with Gasteiger partial charge in [-0.05, 0) is 119 Å². The van der Waals surface area contributed by atoms with Gasteiger partial charge in [0.1, 0.15) is 23.0 Å². The molecule has 57 heavy (non-hydrogen) atoms. The summed E-state index contributed by atoms with van der Waals surface area (Å²) in [5, 5.41) is 1.31. The molecule has 280 valence electrons. The predicted octanol–water partition coefficient (Wildman–Crippen LogP) is 12.4. The molecular weight excluding hydrogens is 748 g/mol. The van der Waals surface area contributed by atoms with Crippen molar-refractivity contribution in [1.82, 2.24) is 0 Å². The summed E-state index contributed by atoms with van der Waals surface area (Å²) in [6, 6.07) is 52.7. The van der Waals surface area contributed by atoms with Crippen LogP contribution in [0.25, 0.3) is 34.4 Å². The SMILES string of the molecule is COc1ccc2c(c1)-c1ccccc1P(=O)(C=Cc1ccc(N(c3ccccc3)c3ccc(C=CP4(=O)Oc5ccc(OC)cc5-c5ccccc54)cc3)cc1)O2. The molecule has 7 aromatic carbocycles. The van der Waals surface area contributed by atoms with Crippen molar-refractivity contribution in [3.63, 3.8) is 0 Å². The highest BCUT2D eigenvalue weighted by atomic mass is 31.2. The Bertz CT molecular complexity index is 2610. The van der Waals surface area contributed by atoms with Crippen LogP contribution in [-0.4, -0.2) is 14.2 Å². The summed E-state index contributed by atoms with van der Waals surface area (Å²) >= 11 is 0. The Balaban J connectivity index is 0.976. The molecule has 2 aliphatic heterocycles. The van der Waals surface area contributed by atoms with Gasteiger partial charge in [0.15, 0.2) is 0 Å². The number of benzene rings is 7. The van der Waals surface area contributed by atoms with Crippen LogP contribution in [0.3, 0.4) is 0 Å². The quantitative estimate of drug-likeness (QED) is 0.135. The average molecular weight is 786 g/mol. The van der Waals surface area contributed by atoms with E-state index < -0.39 is 14.7 Å². The fourth-order valence-corrected chi connectivity index (χ4v) is 11.2. The maximum Gasteiger partial charge on any atom is 0.300 e. The molecular formula is C48H37NO6P2. The summed E-state index contributed by atoms with van der Waals surface area (Å²) in [5.41, 5.74) is 8.09. The van der Waals surface area contributed by atoms with Crippen LogP contribution in [-0.2, 0) is 9.13 Å².